The van der Waals surface area contributed by atoms with E-state index in [0.29, 0.717) is 17.4 Å². The molecule has 1 heterocycles. The first-order valence-electron chi connectivity index (χ1n) is 8.84. The molecule has 2 amide bonds. The third-order valence-electron chi connectivity index (χ3n) is 6.13. The van der Waals surface area contributed by atoms with Gasteiger partial charge in [0.2, 0.25) is 5.91 Å². The fraction of sp³-hybridized carbons (Fsp3) is 0.706. The number of anilines is 1. The molecule has 1 aromatic rings. The van der Waals surface area contributed by atoms with E-state index in [1.54, 1.807) is 10.9 Å². The summed E-state index contributed by atoms with van der Waals surface area (Å²) in [7, 11) is 0. The molecule has 4 aliphatic rings. The van der Waals surface area contributed by atoms with Crippen LogP contribution in [0.4, 0.5) is 9.93 Å². The van der Waals surface area contributed by atoms with Crippen molar-refractivity contribution in [3.05, 3.63) is 11.1 Å². The largest absolute Gasteiger partial charge is 0.465 e. The lowest BCUT2D eigenvalue weighted by molar-refractivity contribution is -0.128. The molecule has 0 aromatic carbocycles. The summed E-state index contributed by atoms with van der Waals surface area (Å²) in [5.74, 6) is 1.74. The zero-order valence-corrected chi connectivity index (χ0v) is 14.8. The fourth-order valence-electron chi connectivity index (χ4n) is 5.74. The molecule has 5 rings (SSSR count). The van der Waals surface area contributed by atoms with E-state index in [4.69, 9.17) is 5.21 Å². The molecule has 7 nitrogen and oxygen atoms in total. The quantitative estimate of drug-likeness (QED) is 0.550. The van der Waals surface area contributed by atoms with Gasteiger partial charge in [-0.2, -0.15) is 0 Å². The van der Waals surface area contributed by atoms with Gasteiger partial charge in [-0.3, -0.25) is 14.9 Å². The summed E-state index contributed by atoms with van der Waals surface area (Å²) in [5.41, 5.74) is 2.15. The Morgan fingerprint density at radius 3 is 2.36 bits per heavy atom. The number of aromatic nitrogens is 1. The van der Waals surface area contributed by atoms with Crippen molar-refractivity contribution < 1.29 is 19.9 Å². The van der Waals surface area contributed by atoms with Crippen molar-refractivity contribution in [3.63, 3.8) is 0 Å². The Labute approximate surface area is 150 Å². The highest BCUT2D eigenvalue weighted by Gasteiger charge is 2.52. The second-order valence-corrected chi connectivity index (χ2v) is 8.96. The third-order valence-corrected chi connectivity index (χ3v) is 7.04. The molecular weight excluding hydrogens is 342 g/mol. The molecule has 0 atom stereocenters. The van der Waals surface area contributed by atoms with Crippen LogP contribution >= 0.6 is 11.3 Å². The minimum Gasteiger partial charge on any atom is -0.465 e. The SMILES string of the molecule is O=C(Cc1csc(N(CC23CC4CC(CC(C4)C2)C3)C(=O)O)n1)NO. The van der Waals surface area contributed by atoms with E-state index in [-0.39, 0.29) is 11.8 Å². The van der Waals surface area contributed by atoms with Crippen LogP contribution in [-0.2, 0) is 11.2 Å². The number of carbonyl (C=O) groups is 2. The molecular formula is C17H23N3O4S. The molecule has 25 heavy (non-hydrogen) atoms. The predicted octanol–water partition coefficient (Wildman–Crippen LogP) is 2.89. The average Bonchev–Trinajstić information content (AvgIpc) is 2.99. The van der Waals surface area contributed by atoms with Crippen LogP contribution < -0.4 is 10.4 Å². The number of rotatable bonds is 5. The Morgan fingerprint density at radius 2 is 1.84 bits per heavy atom. The molecule has 1 aromatic heterocycles. The molecule has 4 saturated carbocycles. The first kappa shape index (κ1) is 16.8. The van der Waals surface area contributed by atoms with Crippen molar-refractivity contribution in [2.45, 2.75) is 44.9 Å². The van der Waals surface area contributed by atoms with Crippen molar-refractivity contribution in [1.29, 1.82) is 0 Å². The standard InChI is InChI=1S/C17H23N3O4S/c21-14(19-24)4-13-8-25-15(18-13)20(16(22)23)9-17-5-10-1-11(6-17)3-12(2-10)7-17/h8,10-12,24H,1-7,9H2,(H,19,21)(H,22,23). The zero-order valence-electron chi connectivity index (χ0n) is 14.0. The van der Waals surface area contributed by atoms with Crippen LogP contribution in [-0.4, -0.2) is 33.8 Å². The van der Waals surface area contributed by atoms with Gasteiger partial charge in [0.15, 0.2) is 5.13 Å². The van der Waals surface area contributed by atoms with E-state index >= 15 is 0 Å². The number of carbonyl (C=O) groups excluding carboxylic acids is 1. The van der Waals surface area contributed by atoms with E-state index in [2.05, 4.69) is 4.98 Å². The third kappa shape index (κ3) is 3.25. The van der Waals surface area contributed by atoms with E-state index in [1.165, 1.54) is 35.5 Å². The monoisotopic (exact) mass is 365 g/mol. The van der Waals surface area contributed by atoms with Crippen molar-refractivity contribution >= 4 is 28.5 Å². The van der Waals surface area contributed by atoms with Gasteiger partial charge < -0.3 is 5.11 Å². The molecule has 4 bridgehead atoms. The Hall–Kier alpha value is -1.67. The Balaban J connectivity index is 1.52. The highest BCUT2D eigenvalue weighted by Crippen LogP contribution is 2.60. The maximum atomic E-state index is 11.9. The van der Waals surface area contributed by atoms with Crippen molar-refractivity contribution in [2.75, 3.05) is 11.4 Å². The number of carboxylic acid groups (broad SMARTS) is 1. The van der Waals surface area contributed by atoms with Crippen LogP contribution in [0.2, 0.25) is 0 Å². The van der Waals surface area contributed by atoms with Crippen LogP contribution in [0.15, 0.2) is 5.38 Å². The molecule has 0 radical (unpaired) electrons. The second kappa shape index (κ2) is 6.25. The average molecular weight is 365 g/mol. The molecule has 4 aliphatic carbocycles. The Morgan fingerprint density at radius 1 is 1.24 bits per heavy atom. The first-order chi connectivity index (χ1) is 12.0. The lowest BCUT2D eigenvalue weighted by atomic mass is 9.49. The van der Waals surface area contributed by atoms with E-state index in [0.717, 1.165) is 37.0 Å². The molecule has 136 valence electrons. The van der Waals surface area contributed by atoms with E-state index in [9.17, 15) is 14.7 Å². The van der Waals surface area contributed by atoms with E-state index < -0.39 is 12.0 Å². The fourth-order valence-corrected chi connectivity index (χ4v) is 6.56. The summed E-state index contributed by atoms with van der Waals surface area (Å²) in [6, 6.07) is 0. The predicted molar refractivity (Wildman–Crippen MR) is 91.7 cm³/mol. The molecule has 3 N–H and O–H groups in total. The van der Waals surface area contributed by atoms with Gasteiger partial charge in [-0.25, -0.2) is 15.3 Å². The first-order valence-corrected chi connectivity index (χ1v) is 9.72. The number of hydrogen-bond donors (Lipinski definition) is 3. The van der Waals surface area contributed by atoms with Crippen LogP contribution in [0.3, 0.4) is 0 Å². The van der Waals surface area contributed by atoms with Crippen LogP contribution in [0.25, 0.3) is 0 Å². The normalized spacial score (nSPS) is 32.6. The highest BCUT2D eigenvalue weighted by atomic mass is 32.1. The Kier molecular flexibility index (Phi) is 4.19. The summed E-state index contributed by atoms with van der Waals surface area (Å²) in [6.07, 6.45) is 6.33. The molecule has 0 spiro atoms. The molecule has 0 aliphatic heterocycles. The number of nitrogens with one attached hydrogen (secondary N) is 1. The van der Waals surface area contributed by atoms with Gasteiger partial charge in [0.05, 0.1) is 12.1 Å². The van der Waals surface area contributed by atoms with Crippen molar-refractivity contribution in [1.82, 2.24) is 10.5 Å². The van der Waals surface area contributed by atoms with Gasteiger partial charge in [-0.15, -0.1) is 11.3 Å². The van der Waals surface area contributed by atoms with E-state index in [1.807, 2.05) is 0 Å². The Bertz CT molecular complexity index is 654. The van der Waals surface area contributed by atoms with Crippen molar-refractivity contribution in [3.8, 4) is 0 Å². The highest BCUT2D eigenvalue weighted by molar-refractivity contribution is 7.14. The van der Waals surface area contributed by atoms with Gasteiger partial charge in [0.1, 0.15) is 0 Å². The van der Waals surface area contributed by atoms with Gasteiger partial charge >= 0.3 is 6.09 Å². The topological polar surface area (TPSA) is 103 Å². The minimum atomic E-state index is -0.983. The molecule has 0 saturated heterocycles. The van der Waals surface area contributed by atoms with Crippen LogP contribution in [0.5, 0.6) is 0 Å². The number of amides is 2. The van der Waals surface area contributed by atoms with Crippen LogP contribution in [0.1, 0.15) is 44.2 Å². The number of hydroxylamine groups is 1. The second-order valence-electron chi connectivity index (χ2n) is 8.12. The summed E-state index contributed by atoms with van der Waals surface area (Å²) in [5, 5.41) is 20.5. The zero-order chi connectivity index (χ0) is 17.6. The van der Waals surface area contributed by atoms with Crippen LogP contribution in [0, 0.1) is 23.2 Å². The van der Waals surface area contributed by atoms with Gasteiger partial charge in [-0.05, 0) is 61.7 Å². The lowest BCUT2D eigenvalue weighted by Crippen LogP contribution is -2.52. The lowest BCUT2D eigenvalue weighted by Gasteiger charge is -2.57. The summed E-state index contributed by atoms with van der Waals surface area (Å²) < 4.78 is 0. The van der Waals surface area contributed by atoms with Gasteiger partial charge in [0.25, 0.3) is 0 Å². The minimum absolute atomic E-state index is 0.0577. The smallest absolute Gasteiger partial charge is 0.413 e. The molecule has 0 unspecified atom stereocenters. The maximum absolute atomic E-state index is 11.9. The molecule has 4 fully saturated rings. The maximum Gasteiger partial charge on any atom is 0.413 e. The summed E-state index contributed by atoms with van der Waals surface area (Å²) in [4.78, 5) is 28.8. The summed E-state index contributed by atoms with van der Waals surface area (Å²) >= 11 is 1.24. The molecule has 8 heteroatoms. The number of hydrogen-bond acceptors (Lipinski definition) is 5. The van der Waals surface area contributed by atoms with Gasteiger partial charge in [-0.1, -0.05) is 0 Å². The number of nitrogens with zero attached hydrogens (tertiary/aromatic N) is 2. The van der Waals surface area contributed by atoms with Crippen molar-refractivity contribution in [2.24, 2.45) is 23.2 Å². The number of thiazole rings is 1. The van der Waals surface area contributed by atoms with Gasteiger partial charge in [0, 0.05) is 11.9 Å². The summed E-state index contributed by atoms with van der Waals surface area (Å²) in [6.45, 7) is 0.505.